The molecule has 2 aromatic carbocycles. The Morgan fingerprint density at radius 1 is 1.08 bits per heavy atom. The van der Waals surface area contributed by atoms with Crippen molar-refractivity contribution in [2.45, 2.75) is 6.54 Å². The Morgan fingerprint density at radius 2 is 1.79 bits per heavy atom. The normalized spacial score (nSPS) is 10.1. The average Bonchev–Trinajstić information content (AvgIpc) is 2.58. The van der Waals surface area contributed by atoms with Crippen LogP contribution in [0, 0.1) is 0 Å². The van der Waals surface area contributed by atoms with E-state index in [1.807, 2.05) is 18.2 Å². The average molecular weight is 351 g/mol. The monoisotopic (exact) mass is 350 g/mol. The van der Waals surface area contributed by atoms with Gasteiger partial charge in [-0.25, -0.2) is 0 Å². The first-order valence-electron chi connectivity index (χ1n) is 7.19. The van der Waals surface area contributed by atoms with Crippen molar-refractivity contribution in [2.24, 2.45) is 5.73 Å². The number of hydrogen-bond acceptors (Lipinski definition) is 5. The predicted octanol–water partition coefficient (Wildman–Crippen LogP) is 2.83. The Kier molecular flexibility index (Phi) is 6.14. The maximum atomic E-state index is 10.8. The summed E-state index contributed by atoms with van der Waals surface area (Å²) in [6.45, 7) is 0.368. The fourth-order valence-electron chi connectivity index (χ4n) is 2.07. The molecular formula is C17H19ClN2O4. The first-order chi connectivity index (χ1) is 11.5. The van der Waals surface area contributed by atoms with Crippen molar-refractivity contribution in [3.05, 3.63) is 47.0 Å². The van der Waals surface area contributed by atoms with E-state index in [9.17, 15) is 4.79 Å². The number of anilines is 1. The Bertz CT molecular complexity index is 722. The molecule has 0 saturated heterocycles. The number of ether oxygens (including phenoxy) is 3. The highest BCUT2D eigenvalue weighted by molar-refractivity contribution is 6.32. The molecule has 0 aromatic heterocycles. The highest BCUT2D eigenvalue weighted by Crippen LogP contribution is 2.30. The number of methoxy groups -OCH3 is 2. The third-order valence-corrected chi connectivity index (χ3v) is 3.54. The van der Waals surface area contributed by atoms with Crippen LogP contribution >= 0.6 is 11.6 Å². The summed E-state index contributed by atoms with van der Waals surface area (Å²) in [6, 6.07) is 10.9. The van der Waals surface area contributed by atoms with E-state index in [0.29, 0.717) is 28.8 Å². The minimum atomic E-state index is -0.542. The van der Waals surface area contributed by atoms with Crippen molar-refractivity contribution in [2.75, 3.05) is 26.1 Å². The topological polar surface area (TPSA) is 82.8 Å². The minimum Gasteiger partial charge on any atom is -0.495 e. The van der Waals surface area contributed by atoms with Crippen molar-refractivity contribution in [3.63, 3.8) is 0 Å². The quantitative estimate of drug-likeness (QED) is 0.765. The second kappa shape index (κ2) is 8.31. The fraction of sp³-hybridized carbons (Fsp3) is 0.235. The van der Waals surface area contributed by atoms with Gasteiger partial charge in [-0.15, -0.1) is 0 Å². The van der Waals surface area contributed by atoms with Gasteiger partial charge in [0.2, 0.25) is 0 Å². The van der Waals surface area contributed by atoms with Crippen LogP contribution in [0.1, 0.15) is 5.56 Å². The molecule has 7 heteroatoms. The Hall–Kier alpha value is -2.60. The molecule has 0 fully saturated rings. The van der Waals surface area contributed by atoms with E-state index in [0.717, 1.165) is 11.3 Å². The summed E-state index contributed by atoms with van der Waals surface area (Å²) in [7, 11) is 3.11. The Balaban J connectivity index is 2.04. The molecular weight excluding hydrogens is 332 g/mol. The van der Waals surface area contributed by atoms with Crippen molar-refractivity contribution >= 4 is 23.2 Å². The lowest BCUT2D eigenvalue weighted by Gasteiger charge is -2.13. The van der Waals surface area contributed by atoms with E-state index in [-0.39, 0.29) is 6.61 Å². The molecule has 0 spiro atoms. The highest BCUT2D eigenvalue weighted by atomic mass is 35.5. The van der Waals surface area contributed by atoms with Gasteiger partial charge in [-0.05, 0) is 35.9 Å². The van der Waals surface area contributed by atoms with Crippen LogP contribution in [0.15, 0.2) is 36.4 Å². The van der Waals surface area contributed by atoms with Gasteiger partial charge in [0.1, 0.15) is 5.75 Å². The molecule has 6 nitrogen and oxygen atoms in total. The van der Waals surface area contributed by atoms with Crippen molar-refractivity contribution in [3.8, 4) is 17.2 Å². The van der Waals surface area contributed by atoms with E-state index in [4.69, 9.17) is 31.5 Å². The second-order valence-corrected chi connectivity index (χ2v) is 5.35. The van der Waals surface area contributed by atoms with Crippen LogP contribution in [-0.4, -0.2) is 26.7 Å². The lowest BCUT2D eigenvalue weighted by molar-refractivity contribution is -0.119. The SMILES string of the molecule is COc1ccc(NCc2ccc(OCC(N)=O)c(OC)c2)cc1Cl. The number of primary amides is 1. The number of nitrogens with two attached hydrogens (primary N) is 1. The van der Waals surface area contributed by atoms with Crippen LogP contribution in [0.5, 0.6) is 17.2 Å². The molecule has 0 radical (unpaired) electrons. The van der Waals surface area contributed by atoms with Gasteiger partial charge in [-0.1, -0.05) is 17.7 Å². The molecule has 3 N–H and O–H groups in total. The molecule has 0 aliphatic rings. The number of halogens is 1. The predicted molar refractivity (Wildman–Crippen MR) is 93.0 cm³/mol. The van der Waals surface area contributed by atoms with Crippen LogP contribution in [0.3, 0.4) is 0 Å². The summed E-state index contributed by atoms with van der Waals surface area (Å²) in [5.41, 5.74) is 6.92. The van der Waals surface area contributed by atoms with Crippen LogP contribution < -0.4 is 25.3 Å². The molecule has 0 atom stereocenters. The second-order valence-electron chi connectivity index (χ2n) is 4.94. The molecule has 0 unspecified atom stereocenters. The van der Waals surface area contributed by atoms with Gasteiger partial charge in [-0.3, -0.25) is 4.79 Å². The number of carbonyl (C=O) groups is 1. The van der Waals surface area contributed by atoms with E-state index in [1.165, 1.54) is 7.11 Å². The molecule has 0 aliphatic carbocycles. The van der Waals surface area contributed by atoms with Crippen molar-refractivity contribution in [1.29, 1.82) is 0 Å². The number of benzene rings is 2. The fourth-order valence-corrected chi connectivity index (χ4v) is 2.33. The van der Waals surface area contributed by atoms with Gasteiger partial charge in [0, 0.05) is 12.2 Å². The minimum absolute atomic E-state index is 0.196. The zero-order valence-electron chi connectivity index (χ0n) is 13.5. The van der Waals surface area contributed by atoms with Crippen LogP contribution in [0.2, 0.25) is 5.02 Å². The smallest absolute Gasteiger partial charge is 0.255 e. The molecule has 24 heavy (non-hydrogen) atoms. The zero-order valence-corrected chi connectivity index (χ0v) is 14.2. The van der Waals surface area contributed by atoms with Crippen LogP contribution in [-0.2, 0) is 11.3 Å². The largest absolute Gasteiger partial charge is 0.495 e. The van der Waals surface area contributed by atoms with Crippen LogP contribution in [0.25, 0.3) is 0 Å². The lowest BCUT2D eigenvalue weighted by atomic mass is 10.2. The molecule has 0 bridgehead atoms. The van der Waals surface area contributed by atoms with E-state index in [2.05, 4.69) is 5.32 Å². The Labute approximate surface area is 145 Å². The van der Waals surface area contributed by atoms with Gasteiger partial charge < -0.3 is 25.3 Å². The number of rotatable bonds is 8. The zero-order chi connectivity index (χ0) is 17.5. The summed E-state index contributed by atoms with van der Waals surface area (Å²) in [5, 5.41) is 3.80. The third kappa shape index (κ3) is 4.70. The van der Waals surface area contributed by atoms with E-state index in [1.54, 1.807) is 25.3 Å². The van der Waals surface area contributed by atoms with Crippen LogP contribution in [0.4, 0.5) is 5.69 Å². The molecule has 0 aliphatic heterocycles. The van der Waals surface area contributed by atoms with Gasteiger partial charge in [0.25, 0.3) is 5.91 Å². The molecule has 2 aromatic rings. The van der Waals surface area contributed by atoms with Crippen molar-refractivity contribution in [1.82, 2.24) is 0 Å². The molecule has 2 rings (SSSR count). The molecule has 0 saturated carbocycles. The summed E-state index contributed by atoms with van der Waals surface area (Å²) in [6.07, 6.45) is 0. The third-order valence-electron chi connectivity index (χ3n) is 3.25. The molecule has 0 heterocycles. The Morgan fingerprint density at radius 3 is 2.42 bits per heavy atom. The number of carbonyl (C=O) groups excluding carboxylic acids is 1. The standard InChI is InChI=1S/C17H19ClN2O4/c1-22-14-6-4-12(8-13(14)18)20-9-11-3-5-15(16(7-11)23-2)24-10-17(19)21/h3-8,20H,9-10H2,1-2H3,(H2,19,21). The van der Waals surface area contributed by atoms with Gasteiger partial charge in [0.15, 0.2) is 18.1 Å². The van der Waals surface area contributed by atoms with Gasteiger partial charge in [0.05, 0.1) is 19.2 Å². The van der Waals surface area contributed by atoms with E-state index < -0.39 is 5.91 Å². The number of hydrogen-bond donors (Lipinski definition) is 2. The summed E-state index contributed by atoms with van der Waals surface area (Å²) >= 11 is 6.10. The number of amides is 1. The van der Waals surface area contributed by atoms with Gasteiger partial charge >= 0.3 is 0 Å². The maximum Gasteiger partial charge on any atom is 0.255 e. The molecule has 128 valence electrons. The first kappa shape index (κ1) is 17.7. The maximum absolute atomic E-state index is 10.8. The van der Waals surface area contributed by atoms with Gasteiger partial charge in [-0.2, -0.15) is 0 Å². The van der Waals surface area contributed by atoms with Crippen molar-refractivity contribution < 1.29 is 19.0 Å². The summed E-state index contributed by atoms with van der Waals surface area (Å²) in [4.78, 5) is 10.8. The number of nitrogens with one attached hydrogen (secondary N) is 1. The molecule has 1 amide bonds. The van der Waals surface area contributed by atoms with E-state index >= 15 is 0 Å². The highest BCUT2D eigenvalue weighted by Gasteiger charge is 2.08. The first-order valence-corrected chi connectivity index (χ1v) is 7.56. The summed E-state index contributed by atoms with van der Waals surface area (Å²) in [5.74, 6) is 1.08. The lowest BCUT2D eigenvalue weighted by Crippen LogP contribution is -2.20. The summed E-state index contributed by atoms with van der Waals surface area (Å²) < 4.78 is 15.7.